The summed E-state index contributed by atoms with van der Waals surface area (Å²) >= 11 is 1.64. The van der Waals surface area contributed by atoms with Crippen molar-refractivity contribution in [2.75, 3.05) is 13.1 Å². The van der Waals surface area contributed by atoms with Gasteiger partial charge in [-0.1, -0.05) is 6.07 Å². The third kappa shape index (κ3) is 2.29. The van der Waals surface area contributed by atoms with Crippen LogP contribution in [0.5, 0.6) is 0 Å². The Balaban J connectivity index is 1.58. The smallest absolute Gasteiger partial charge is 0.322 e. The molecule has 0 bridgehead atoms. The number of rotatable bonds is 3. The van der Waals surface area contributed by atoms with E-state index in [0.29, 0.717) is 19.4 Å². The van der Waals surface area contributed by atoms with Crippen LogP contribution in [0.1, 0.15) is 17.7 Å². The molecule has 1 atom stereocenters. The van der Waals surface area contributed by atoms with Gasteiger partial charge in [0.05, 0.1) is 6.54 Å². The Morgan fingerprint density at radius 3 is 2.95 bits per heavy atom. The summed E-state index contributed by atoms with van der Waals surface area (Å²) < 4.78 is 0. The minimum atomic E-state index is -0.907. The molecule has 2 aliphatic heterocycles. The number of carbonyl (C=O) groups excluding carboxylic acids is 3. The summed E-state index contributed by atoms with van der Waals surface area (Å²) in [4.78, 5) is 38.0. The van der Waals surface area contributed by atoms with Crippen molar-refractivity contribution in [3.05, 3.63) is 22.4 Å². The number of amides is 4. The molecule has 1 spiro atoms. The van der Waals surface area contributed by atoms with Crippen LogP contribution in [-0.2, 0) is 16.0 Å². The first-order valence-corrected chi connectivity index (χ1v) is 7.41. The van der Waals surface area contributed by atoms with Crippen molar-refractivity contribution >= 4 is 29.2 Å². The number of urea groups is 1. The van der Waals surface area contributed by atoms with Gasteiger partial charge in [0.2, 0.25) is 5.91 Å². The summed E-state index contributed by atoms with van der Waals surface area (Å²) in [6, 6.07) is 3.50. The Bertz CT molecular complexity index is 557. The van der Waals surface area contributed by atoms with Crippen molar-refractivity contribution in [2.24, 2.45) is 0 Å². The average molecular weight is 293 g/mol. The van der Waals surface area contributed by atoms with Gasteiger partial charge in [0.25, 0.3) is 5.91 Å². The number of imide groups is 1. The van der Waals surface area contributed by atoms with Crippen LogP contribution in [0.4, 0.5) is 4.79 Å². The van der Waals surface area contributed by atoms with Crippen molar-refractivity contribution in [3.8, 4) is 0 Å². The number of carbonyl (C=O) groups is 3. The van der Waals surface area contributed by atoms with Gasteiger partial charge in [-0.2, -0.15) is 0 Å². The Morgan fingerprint density at radius 2 is 2.30 bits per heavy atom. The minimum Gasteiger partial charge on any atom is -0.340 e. The third-order valence-electron chi connectivity index (χ3n) is 3.80. The van der Waals surface area contributed by atoms with E-state index in [1.54, 1.807) is 16.2 Å². The summed E-state index contributed by atoms with van der Waals surface area (Å²) in [6.07, 6.45) is 1.64. The van der Waals surface area contributed by atoms with Gasteiger partial charge in [0.15, 0.2) is 0 Å². The molecule has 1 aromatic heterocycles. The maximum Gasteiger partial charge on any atom is 0.322 e. The van der Waals surface area contributed by atoms with Crippen LogP contribution in [0.15, 0.2) is 17.5 Å². The molecule has 1 unspecified atom stereocenters. The lowest BCUT2D eigenvalue weighted by Gasteiger charge is -2.21. The summed E-state index contributed by atoms with van der Waals surface area (Å²) in [5, 5.41) is 6.87. The van der Waals surface area contributed by atoms with E-state index in [-0.39, 0.29) is 18.4 Å². The number of hydrogen-bond donors (Lipinski definition) is 2. The third-order valence-corrected chi connectivity index (χ3v) is 4.74. The largest absolute Gasteiger partial charge is 0.340 e. The Kier molecular flexibility index (Phi) is 3.21. The van der Waals surface area contributed by atoms with Crippen molar-refractivity contribution in [2.45, 2.75) is 24.8 Å². The van der Waals surface area contributed by atoms with Gasteiger partial charge in [0, 0.05) is 17.8 Å². The molecule has 0 aliphatic carbocycles. The standard InChI is InChI=1S/C13H15N3O3S/c17-10(4-3-9-2-1-7-20-9)16-6-5-13(8-16)11(18)14-12(19)15-13/h1-2,7H,3-6,8H2,(H2,14,15,18,19). The van der Waals surface area contributed by atoms with E-state index in [0.717, 1.165) is 6.42 Å². The van der Waals surface area contributed by atoms with E-state index in [1.807, 2.05) is 17.5 Å². The van der Waals surface area contributed by atoms with Gasteiger partial charge in [-0.15, -0.1) is 11.3 Å². The van der Waals surface area contributed by atoms with Crippen LogP contribution >= 0.6 is 11.3 Å². The second kappa shape index (κ2) is 4.90. The molecule has 4 amide bonds. The summed E-state index contributed by atoms with van der Waals surface area (Å²) in [6.45, 7) is 0.783. The summed E-state index contributed by atoms with van der Waals surface area (Å²) in [5.74, 6) is -0.291. The fourth-order valence-corrected chi connectivity index (χ4v) is 3.39. The van der Waals surface area contributed by atoms with Crippen LogP contribution in [0.25, 0.3) is 0 Å². The van der Waals surface area contributed by atoms with Crippen molar-refractivity contribution < 1.29 is 14.4 Å². The molecule has 2 N–H and O–H groups in total. The number of thiophene rings is 1. The normalized spacial score (nSPS) is 25.1. The molecule has 1 aromatic rings. The Hall–Kier alpha value is -1.89. The molecule has 3 heterocycles. The van der Waals surface area contributed by atoms with Crippen LogP contribution in [0.2, 0.25) is 0 Å². The molecule has 6 nitrogen and oxygen atoms in total. The zero-order valence-electron chi connectivity index (χ0n) is 10.8. The molecule has 2 fully saturated rings. The van der Waals surface area contributed by atoms with Crippen LogP contribution < -0.4 is 10.6 Å². The maximum absolute atomic E-state index is 12.2. The quantitative estimate of drug-likeness (QED) is 0.796. The first-order valence-electron chi connectivity index (χ1n) is 6.53. The Labute approximate surface area is 120 Å². The molecule has 2 aliphatic rings. The maximum atomic E-state index is 12.2. The van der Waals surface area contributed by atoms with Gasteiger partial charge in [-0.05, 0) is 24.3 Å². The number of aryl methyl sites for hydroxylation is 1. The monoisotopic (exact) mass is 293 g/mol. The zero-order valence-corrected chi connectivity index (χ0v) is 11.7. The van der Waals surface area contributed by atoms with E-state index in [4.69, 9.17) is 0 Å². The fourth-order valence-electron chi connectivity index (χ4n) is 2.68. The highest BCUT2D eigenvalue weighted by molar-refractivity contribution is 7.09. The Morgan fingerprint density at radius 1 is 1.45 bits per heavy atom. The minimum absolute atomic E-state index is 0.0317. The second-order valence-electron chi connectivity index (χ2n) is 5.14. The SMILES string of the molecule is O=C1NC(=O)C2(CCN(C(=O)CCc3cccs3)C2)N1. The molecule has 2 saturated heterocycles. The van der Waals surface area contributed by atoms with Gasteiger partial charge in [-0.3, -0.25) is 14.9 Å². The molecule has 106 valence electrons. The molecular formula is C13H15N3O3S. The lowest BCUT2D eigenvalue weighted by atomic mass is 9.99. The van der Waals surface area contributed by atoms with Crippen molar-refractivity contribution in [1.82, 2.24) is 15.5 Å². The first-order chi connectivity index (χ1) is 9.59. The van der Waals surface area contributed by atoms with E-state index >= 15 is 0 Å². The molecule has 0 radical (unpaired) electrons. The molecule has 20 heavy (non-hydrogen) atoms. The highest BCUT2D eigenvalue weighted by atomic mass is 32.1. The van der Waals surface area contributed by atoms with E-state index in [1.165, 1.54) is 4.88 Å². The van der Waals surface area contributed by atoms with Crippen molar-refractivity contribution in [3.63, 3.8) is 0 Å². The van der Waals surface area contributed by atoms with Gasteiger partial charge >= 0.3 is 6.03 Å². The van der Waals surface area contributed by atoms with Crippen LogP contribution in [-0.4, -0.2) is 41.4 Å². The van der Waals surface area contributed by atoms with Gasteiger partial charge in [0.1, 0.15) is 5.54 Å². The average Bonchev–Trinajstić information content (AvgIpc) is 3.10. The first kappa shape index (κ1) is 13.1. The lowest BCUT2D eigenvalue weighted by molar-refractivity contribution is -0.130. The molecule has 3 rings (SSSR count). The molecule has 0 saturated carbocycles. The van der Waals surface area contributed by atoms with E-state index in [2.05, 4.69) is 10.6 Å². The lowest BCUT2D eigenvalue weighted by Crippen LogP contribution is -2.49. The predicted octanol–water partition coefficient (Wildman–Crippen LogP) is 0.491. The molecule has 7 heteroatoms. The number of hydrogen-bond acceptors (Lipinski definition) is 4. The number of likely N-dealkylation sites (tertiary alicyclic amines) is 1. The molecular weight excluding hydrogens is 278 g/mol. The van der Waals surface area contributed by atoms with E-state index < -0.39 is 11.6 Å². The highest BCUT2D eigenvalue weighted by Gasteiger charge is 2.51. The molecule has 0 aromatic carbocycles. The van der Waals surface area contributed by atoms with E-state index in [9.17, 15) is 14.4 Å². The van der Waals surface area contributed by atoms with Gasteiger partial charge in [-0.25, -0.2) is 4.79 Å². The van der Waals surface area contributed by atoms with Crippen LogP contribution in [0, 0.1) is 0 Å². The fraction of sp³-hybridized carbons (Fsp3) is 0.462. The number of nitrogens with one attached hydrogen (secondary N) is 2. The topological polar surface area (TPSA) is 78.5 Å². The summed E-state index contributed by atoms with van der Waals surface area (Å²) in [5.41, 5.74) is -0.907. The predicted molar refractivity (Wildman–Crippen MR) is 73.2 cm³/mol. The number of nitrogens with zero attached hydrogens (tertiary/aromatic N) is 1. The van der Waals surface area contributed by atoms with Crippen LogP contribution in [0.3, 0.4) is 0 Å². The summed E-state index contributed by atoms with van der Waals surface area (Å²) in [7, 11) is 0. The van der Waals surface area contributed by atoms with Gasteiger partial charge < -0.3 is 10.2 Å². The highest BCUT2D eigenvalue weighted by Crippen LogP contribution is 2.25. The van der Waals surface area contributed by atoms with Crippen molar-refractivity contribution in [1.29, 1.82) is 0 Å². The second-order valence-corrected chi connectivity index (χ2v) is 6.17. The zero-order chi connectivity index (χ0) is 14.2.